The molecule has 0 N–H and O–H groups in total. The van der Waals surface area contributed by atoms with E-state index < -0.39 is 15.8 Å². The molecule has 6 heteroatoms. The molecule has 0 saturated carbocycles. The minimum Gasteiger partial charge on any atom is -0.495 e. The standard InChI is InChI=1S/C10H12N2O3S/c1-12(16(13,14)8-7-11)9-5-3-4-6-10(9)15-2/h3-6H,8H2,1-2H3. The van der Waals surface area contributed by atoms with Crippen molar-refractivity contribution in [3.05, 3.63) is 24.3 Å². The Balaban J connectivity index is 3.15. The largest absolute Gasteiger partial charge is 0.495 e. The first-order chi connectivity index (χ1) is 7.53. The van der Waals surface area contributed by atoms with E-state index >= 15 is 0 Å². The summed E-state index contributed by atoms with van der Waals surface area (Å²) in [5.74, 6) is -0.104. The van der Waals surface area contributed by atoms with Crippen LogP contribution in [-0.4, -0.2) is 28.3 Å². The number of ether oxygens (including phenoxy) is 1. The van der Waals surface area contributed by atoms with E-state index in [0.717, 1.165) is 4.31 Å². The Morgan fingerprint density at radius 2 is 2.06 bits per heavy atom. The van der Waals surface area contributed by atoms with Crippen molar-refractivity contribution in [3.63, 3.8) is 0 Å². The number of nitrogens with zero attached hydrogens (tertiary/aromatic N) is 2. The van der Waals surface area contributed by atoms with E-state index in [4.69, 9.17) is 10.00 Å². The first-order valence-electron chi connectivity index (χ1n) is 4.49. The number of para-hydroxylation sites is 2. The number of nitriles is 1. The van der Waals surface area contributed by atoms with Crippen LogP contribution in [0.25, 0.3) is 0 Å². The second-order valence-electron chi connectivity index (χ2n) is 3.05. The molecular weight excluding hydrogens is 228 g/mol. The van der Waals surface area contributed by atoms with Crippen LogP contribution < -0.4 is 9.04 Å². The van der Waals surface area contributed by atoms with Gasteiger partial charge in [-0.05, 0) is 12.1 Å². The fourth-order valence-corrected chi connectivity index (χ4v) is 2.03. The molecule has 0 aromatic heterocycles. The molecule has 16 heavy (non-hydrogen) atoms. The van der Waals surface area contributed by atoms with Crippen LogP contribution in [0.4, 0.5) is 5.69 Å². The fraction of sp³-hybridized carbons (Fsp3) is 0.300. The van der Waals surface area contributed by atoms with Crippen LogP contribution in [0.5, 0.6) is 5.75 Å². The minimum atomic E-state index is -3.60. The highest BCUT2D eigenvalue weighted by atomic mass is 32.2. The van der Waals surface area contributed by atoms with Crippen LogP contribution in [0.2, 0.25) is 0 Å². The monoisotopic (exact) mass is 240 g/mol. The molecule has 0 fully saturated rings. The predicted molar refractivity (Wildman–Crippen MR) is 60.8 cm³/mol. The maximum Gasteiger partial charge on any atom is 0.248 e. The molecule has 0 atom stereocenters. The summed E-state index contributed by atoms with van der Waals surface area (Å²) in [4.78, 5) is 0. The van der Waals surface area contributed by atoms with Crippen LogP contribution in [0.1, 0.15) is 0 Å². The van der Waals surface area contributed by atoms with E-state index in [-0.39, 0.29) is 0 Å². The fourth-order valence-electron chi connectivity index (χ4n) is 1.22. The van der Waals surface area contributed by atoms with Gasteiger partial charge in [0.2, 0.25) is 10.0 Å². The average molecular weight is 240 g/mol. The molecule has 0 radical (unpaired) electrons. The van der Waals surface area contributed by atoms with Crippen LogP contribution >= 0.6 is 0 Å². The molecule has 0 aliphatic heterocycles. The smallest absolute Gasteiger partial charge is 0.248 e. The topological polar surface area (TPSA) is 70.4 Å². The lowest BCUT2D eigenvalue weighted by Gasteiger charge is -2.19. The molecule has 1 aromatic carbocycles. The third-order valence-corrected chi connectivity index (χ3v) is 3.61. The number of hydrogen-bond acceptors (Lipinski definition) is 4. The van der Waals surface area contributed by atoms with Crippen molar-refractivity contribution < 1.29 is 13.2 Å². The number of hydrogen-bond donors (Lipinski definition) is 0. The molecule has 0 aliphatic carbocycles. The average Bonchev–Trinajstić information content (AvgIpc) is 2.28. The minimum absolute atomic E-state index is 0.417. The molecule has 1 aromatic rings. The number of benzene rings is 1. The molecular formula is C10H12N2O3S. The van der Waals surface area contributed by atoms with Gasteiger partial charge in [-0.1, -0.05) is 12.1 Å². The summed E-state index contributed by atoms with van der Waals surface area (Å²) < 4.78 is 29.4. The lowest BCUT2D eigenvalue weighted by Crippen LogP contribution is -2.28. The number of methoxy groups -OCH3 is 1. The molecule has 0 saturated heterocycles. The SMILES string of the molecule is COc1ccccc1N(C)S(=O)(=O)CC#N. The van der Waals surface area contributed by atoms with Gasteiger partial charge in [0, 0.05) is 7.05 Å². The summed E-state index contributed by atoms with van der Waals surface area (Å²) in [5, 5.41) is 8.44. The lowest BCUT2D eigenvalue weighted by atomic mass is 10.3. The maximum absolute atomic E-state index is 11.6. The van der Waals surface area contributed by atoms with Gasteiger partial charge in [0.15, 0.2) is 5.75 Å². The second kappa shape index (κ2) is 4.86. The van der Waals surface area contributed by atoms with E-state index in [9.17, 15) is 8.42 Å². The Kier molecular flexibility index (Phi) is 3.74. The summed E-state index contributed by atoms with van der Waals surface area (Å²) in [6.45, 7) is 0. The summed E-state index contributed by atoms with van der Waals surface area (Å²) in [6, 6.07) is 8.35. The summed E-state index contributed by atoms with van der Waals surface area (Å²) >= 11 is 0. The normalized spacial score (nSPS) is 10.6. The highest BCUT2D eigenvalue weighted by molar-refractivity contribution is 7.92. The van der Waals surface area contributed by atoms with Crippen molar-refractivity contribution in [2.45, 2.75) is 0 Å². The van der Waals surface area contributed by atoms with Crippen molar-refractivity contribution >= 4 is 15.7 Å². The Morgan fingerprint density at radius 3 is 2.62 bits per heavy atom. The van der Waals surface area contributed by atoms with E-state index in [0.29, 0.717) is 11.4 Å². The summed E-state index contributed by atoms with van der Waals surface area (Å²) in [6.07, 6.45) is 0. The van der Waals surface area contributed by atoms with Crippen molar-refractivity contribution in [1.82, 2.24) is 0 Å². The Morgan fingerprint density at radius 1 is 1.44 bits per heavy atom. The van der Waals surface area contributed by atoms with Crippen LogP contribution in [0.15, 0.2) is 24.3 Å². The summed E-state index contributed by atoms with van der Waals surface area (Å²) in [5.41, 5.74) is 0.417. The van der Waals surface area contributed by atoms with Gasteiger partial charge in [-0.25, -0.2) is 8.42 Å². The third-order valence-electron chi connectivity index (χ3n) is 2.09. The zero-order chi connectivity index (χ0) is 12.2. The number of sulfonamides is 1. The highest BCUT2D eigenvalue weighted by Gasteiger charge is 2.20. The molecule has 86 valence electrons. The van der Waals surface area contributed by atoms with Gasteiger partial charge in [-0.2, -0.15) is 5.26 Å². The van der Waals surface area contributed by atoms with Crippen molar-refractivity contribution in [2.75, 3.05) is 24.2 Å². The zero-order valence-electron chi connectivity index (χ0n) is 9.04. The van der Waals surface area contributed by atoms with Crippen LogP contribution in [0.3, 0.4) is 0 Å². The molecule has 5 nitrogen and oxygen atoms in total. The van der Waals surface area contributed by atoms with Gasteiger partial charge >= 0.3 is 0 Å². The van der Waals surface area contributed by atoms with Crippen LogP contribution in [-0.2, 0) is 10.0 Å². The van der Waals surface area contributed by atoms with Crippen molar-refractivity contribution in [2.24, 2.45) is 0 Å². The summed E-state index contributed by atoms with van der Waals surface area (Å²) in [7, 11) is -0.749. The zero-order valence-corrected chi connectivity index (χ0v) is 9.86. The van der Waals surface area contributed by atoms with Gasteiger partial charge in [0.05, 0.1) is 18.9 Å². The Labute approximate surface area is 94.9 Å². The Bertz CT molecular complexity index is 505. The lowest BCUT2D eigenvalue weighted by molar-refractivity contribution is 0.416. The molecule has 0 spiro atoms. The number of rotatable bonds is 4. The van der Waals surface area contributed by atoms with Crippen molar-refractivity contribution in [3.8, 4) is 11.8 Å². The molecule has 0 amide bonds. The second-order valence-corrected chi connectivity index (χ2v) is 5.05. The molecule has 0 aliphatic rings. The van der Waals surface area contributed by atoms with Crippen molar-refractivity contribution in [1.29, 1.82) is 5.26 Å². The number of anilines is 1. The van der Waals surface area contributed by atoms with Gasteiger partial charge < -0.3 is 4.74 Å². The van der Waals surface area contributed by atoms with Crippen LogP contribution in [0, 0.1) is 11.3 Å². The third kappa shape index (κ3) is 2.44. The van der Waals surface area contributed by atoms with E-state index in [1.165, 1.54) is 14.2 Å². The van der Waals surface area contributed by atoms with Gasteiger partial charge in [0.1, 0.15) is 5.75 Å². The predicted octanol–water partition coefficient (Wildman–Crippen LogP) is 0.985. The quantitative estimate of drug-likeness (QED) is 0.786. The van der Waals surface area contributed by atoms with Gasteiger partial charge in [0.25, 0.3) is 0 Å². The molecule has 1 rings (SSSR count). The van der Waals surface area contributed by atoms with Gasteiger partial charge in [-0.15, -0.1) is 0 Å². The van der Waals surface area contributed by atoms with E-state index in [2.05, 4.69) is 0 Å². The molecule has 0 heterocycles. The molecule has 0 bridgehead atoms. The maximum atomic E-state index is 11.6. The van der Waals surface area contributed by atoms with E-state index in [1.807, 2.05) is 0 Å². The Hall–Kier alpha value is -1.74. The first-order valence-corrected chi connectivity index (χ1v) is 6.10. The van der Waals surface area contributed by atoms with Gasteiger partial charge in [-0.3, -0.25) is 4.31 Å². The molecule has 0 unspecified atom stereocenters. The highest BCUT2D eigenvalue weighted by Crippen LogP contribution is 2.28. The first kappa shape index (κ1) is 12.3. The van der Waals surface area contributed by atoms with E-state index in [1.54, 1.807) is 30.3 Å².